The average Bonchev–Trinajstić information content (AvgIpc) is 0.751. The predicted molar refractivity (Wildman–Crippen MR) is 324 cm³/mol. The van der Waals surface area contributed by atoms with Crippen LogP contribution in [0.1, 0.15) is 96.9 Å². The number of nitrogens with one attached hydrogen (secondary N) is 11. The van der Waals surface area contributed by atoms with Crippen molar-refractivity contribution >= 4 is 95.3 Å². The first-order valence-electron chi connectivity index (χ1n) is 29.9. The highest BCUT2D eigenvalue weighted by atomic mass is 16.5. The number of benzene rings is 1. The third-order valence-corrected chi connectivity index (χ3v) is 14.8. The van der Waals surface area contributed by atoms with Gasteiger partial charge in [0.2, 0.25) is 77.3 Å². The lowest BCUT2D eigenvalue weighted by Gasteiger charge is -2.34. The number of phenolic OH excluding ortho intramolecular Hbond substituents is 1. The van der Waals surface area contributed by atoms with E-state index >= 15 is 0 Å². The number of carboxylic acid groups (broad SMARTS) is 1. The van der Waals surface area contributed by atoms with Crippen molar-refractivity contribution in [3.63, 3.8) is 0 Å². The molecule has 0 spiro atoms. The minimum atomic E-state index is -1.97. The van der Waals surface area contributed by atoms with Crippen LogP contribution in [-0.2, 0) is 62.3 Å². The second-order valence-corrected chi connectivity index (χ2v) is 22.1. The summed E-state index contributed by atoms with van der Waals surface area (Å²) in [4.78, 5) is 189. The Balaban J connectivity index is 1.63. The van der Waals surface area contributed by atoms with Gasteiger partial charge in [-0.3, -0.25) is 82.5 Å². The molecule has 520 valence electrons. The van der Waals surface area contributed by atoms with Gasteiger partial charge in [0.05, 0.1) is 43.2 Å². The fourth-order valence-corrected chi connectivity index (χ4v) is 9.83. The zero-order chi connectivity index (χ0) is 69.9. The number of aliphatic imine (C=N–C) groups is 1. The van der Waals surface area contributed by atoms with Crippen LogP contribution in [-0.4, -0.2) is 246 Å². The van der Waals surface area contributed by atoms with E-state index in [2.05, 4.69) is 63.5 Å². The summed E-state index contributed by atoms with van der Waals surface area (Å²) in [5.74, 6) is -12.9. The summed E-state index contributed by atoms with van der Waals surface area (Å²) in [6, 6.07) is -11.8. The maximum absolute atomic E-state index is 14.4. The van der Waals surface area contributed by atoms with Crippen LogP contribution < -0.4 is 75.4 Å². The summed E-state index contributed by atoms with van der Waals surface area (Å²) >= 11 is 0. The summed E-state index contributed by atoms with van der Waals surface area (Å²) in [7, 11) is 0. The fraction of sp³-hybridized carbons (Fsp3) is 0.582. The molecule has 4 rings (SSSR count). The van der Waals surface area contributed by atoms with Crippen LogP contribution in [0.3, 0.4) is 0 Å². The third kappa shape index (κ3) is 23.4. The summed E-state index contributed by atoms with van der Waals surface area (Å²) in [6.07, 6.45) is -5.84. The molecular formula is C55H83N17O22. The summed E-state index contributed by atoms with van der Waals surface area (Å²) in [5, 5.41) is 109. The molecule has 0 aromatic heterocycles. The van der Waals surface area contributed by atoms with Crippen molar-refractivity contribution in [1.82, 2.24) is 62.5 Å². The van der Waals surface area contributed by atoms with E-state index in [1.807, 2.05) is 0 Å². The standard InChI is InChI=1S/C55H83N17O22/c1-27(77)43-53(91)59-15-4-3-8-30(46(84)63-33(11-7-19-71(94)26-76)49(87)68-44(28(2)78)54(92)69-43)62-47(85)32(10-6-18-70(93)25-75)65-50(88)35(23-73)66-48(86)31(9-5-16-60-55(56)57)64-51(89)36(24-74)67-52(90)37-14-17-58-45-34(61-41(81)12-13-42(82)83)20-29-21-39(79)40(80)22-38(29)72(37)45/h20-22,25-28,30-33,35-37,43-44,58,73-74,77-79,93-94H,3-19,23-24H2,1-2H3,(H,59,91)(H,61,81)(H,62,85)(H,63,84)(H,64,89)(H,65,88)(H,66,86)(H,67,90)(H,68,87)(H,69,92)(H,82,83)(H4,56,57,60)/t27-,28-,30+,31+,32+,33?,35-,36-,37+,43+,44+/m1/s1. The van der Waals surface area contributed by atoms with Crippen LogP contribution in [0.5, 0.6) is 5.75 Å². The maximum Gasteiger partial charge on any atom is 0.303 e. The molecule has 4 aliphatic rings. The second kappa shape index (κ2) is 37.6. The molecule has 12 amide bonds. The average molecular weight is 1330 g/mol. The van der Waals surface area contributed by atoms with Crippen LogP contribution in [0.4, 0.5) is 11.5 Å². The number of carboxylic acids is 1. The molecule has 1 aliphatic carbocycles. The highest BCUT2D eigenvalue weighted by Gasteiger charge is 2.38. The van der Waals surface area contributed by atoms with Crippen molar-refractivity contribution in [1.29, 1.82) is 0 Å². The maximum atomic E-state index is 14.4. The lowest BCUT2D eigenvalue weighted by atomic mass is 10.0. The largest absolute Gasteiger partial charge is 0.504 e. The Labute approximate surface area is 535 Å². The van der Waals surface area contributed by atoms with E-state index in [4.69, 9.17) is 16.6 Å². The Bertz CT molecular complexity index is 3090. The molecule has 94 heavy (non-hydrogen) atoms. The van der Waals surface area contributed by atoms with Crippen molar-refractivity contribution in [2.24, 2.45) is 16.5 Å². The van der Waals surface area contributed by atoms with Crippen LogP contribution in [0, 0.1) is 0 Å². The SMILES string of the molecule is C[C@@H](O)[C@@H]1NC(=O)C(CCCN(O)C=O)NC(=O)[C@@H](NC(=O)[C@H](CCCN(O)C=O)NC(=O)[C@@H](CO)NC(=O)[C@H](CCCN=C(N)N)NC(=O)[C@@H](CO)NC(=O)[C@@H]2CCNc3c(NC(=O)CCC(=O)O)cc4cc(O)c(=O)cc-4n32)CCCCNC(=O)[C@H]([C@@H](C)O)NC1=O. The molecule has 0 aromatic carbocycles. The number of rotatable bonds is 32. The van der Waals surface area contributed by atoms with E-state index in [9.17, 15) is 103 Å². The number of hydrogen-bond donors (Lipinski definition) is 21. The Morgan fingerprint density at radius 1 is 0.691 bits per heavy atom. The van der Waals surface area contributed by atoms with Crippen LogP contribution in [0.2, 0.25) is 0 Å². The fourth-order valence-electron chi connectivity index (χ4n) is 9.83. The molecule has 0 radical (unpaired) electrons. The number of anilines is 2. The molecule has 23 N–H and O–H groups in total. The smallest absolute Gasteiger partial charge is 0.303 e. The van der Waals surface area contributed by atoms with Crippen molar-refractivity contribution in [2.45, 2.75) is 157 Å². The van der Waals surface area contributed by atoms with Crippen molar-refractivity contribution in [2.75, 3.05) is 56.6 Å². The number of aliphatic hydroxyl groups excluding tert-OH is 4. The topological polar surface area (TPSA) is 609 Å². The minimum Gasteiger partial charge on any atom is -0.504 e. The summed E-state index contributed by atoms with van der Waals surface area (Å²) < 4.78 is 1.29. The molecule has 1 fully saturated rings. The van der Waals surface area contributed by atoms with E-state index < -0.39 is 182 Å². The summed E-state index contributed by atoms with van der Waals surface area (Å²) in [6.45, 7) is -1.01. The number of aromatic nitrogens is 1. The van der Waals surface area contributed by atoms with Gasteiger partial charge >= 0.3 is 5.97 Å². The molecule has 39 heteroatoms. The van der Waals surface area contributed by atoms with E-state index in [0.29, 0.717) is 0 Å². The Morgan fingerprint density at radius 3 is 1.87 bits per heavy atom. The number of aliphatic carboxylic acids is 1. The van der Waals surface area contributed by atoms with E-state index in [0.717, 1.165) is 19.1 Å². The van der Waals surface area contributed by atoms with E-state index in [-0.39, 0.29) is 136 Å². The van der Waals surface area contributed by atoms with Gasteiger partial charge in [0.25, 0.3) is 0 Å². The molecule has 1 unspecified atom stereocenters. The Morgan fingerprint density at radius 2 is 1.27 bits per heavy atom. The first-order chi connectivity index (χ1) is 44.5. The van der Waals surface area contributed by atoms with Gasteiger partial charge in [0.15, 0.2) is 11.7 Å². The molecule has 3 aliphatic heterocycles. The quantitative estimate of drug-likeness (QED) is 0.00808. The second-order valence-electron chi connectivity index (χ2n) is 22.1. The van der Waals surface area contributed by atoms with Gasteiger partial charge in [-0.2, -0.15) is 0 Å². The normalized spacial score (nSPS) is 19.7. The molecule has 1 saturated heterocycles. The highest BCUT2D eigenvalue weighted by molar-refractivity contribution is 6.00. The number of fused-ring (bicyclic) bond motifs is 3. The monoisotopic (exact) mass is 1330 g/mol. The van der Waals surface area contributed by atoms with Gasteiger partial charge in [-0.15, -0.1) is 0 Å². The number of carbonyl (C=O) groups is 13. The van der Waals surface area contributed by atoms with Crippen molar-refractivity contribution in [3.05, 3.63) is 28.4 Å². The first kappa shape index (κ1) is 76.6. The number of nitrogens with two attached hydrogens (primary N) is 2. The van der Waals surface area contributed by atoms with Gasteiger partial charge < -0.3 is 105 Å². The Hall–Kier alpha value is -9.83. The molecule has 11 atom stereocenters. The summed E-state index contributed by atoms with van der Waals surface area (Å²) in [5.41, 5.74) is 10.3. The highest BCUT2D eigenvalue weighted by Crippen LogP contribution is 2.40. The molecule has 0 aromatic rings. The molecule has 3 heterocycles. The Kier molecular flexibility index (Phi) is 30.7. The van der Waals surface area contributed by atoms with Gasteiger partial charge in [-0.1, -0.05) is 0 Å². The predicted octanol–water partition coefficient (Wildman–Crippen LogP) is -7.95. The number of amides is 12. The number of carbonyl (C=O) groups excluding carboxylic acids is 12. The number of nitrogens with zero attached hydrogens (tertiary/aromatic N) is 4. The zero-order valence-electron chi connectivity index (χ0n) is 51.4. The molecular weight excluding hydrogens is 1250 g/mol. The minimum absolute atomic E-state index is 0.00878. The number of hydroxylamine groups is 4. The number of aliphatic hydroxyl groups is 4. The lowest BCUT2D eigenvalue weighted by molar-refractivity contribution is -0.150. The van der Waals surface area contributed by atoms with Crippen LogP contribution in [0.15, 0.2) is 28.0 Å². The molecule has 39 nitrogen and oxygen atoms in total. The van der Waals surface area contributed by atoms with Gasteiger partial charge in [0.1, 0.15) is 60.2 Å². The van der Waals surface area contributed by atoms with E-state index in [1.165, 1.54) is 17.6 Å². The molecule has 0 bridgehead atoms. The van der Waals surface area contributed by atoms with Crippen molar-refractivity contribution < 1.29 is 103 Å². The first-order valence-corrected chi connectivity index (χ1v) is 29.9. The number of guanidine groups is 1. The number of aromatic hydroxyl groups is 1. The number of pyridine rings is 1. The van der Waals surface area contributed by atoms with Gasteiger partial charge in [-0.25, -0.2) is 10.1 Å². The number of phenols is 1. The van der Waals surface area contributed by atoms with Gasteiger partial charge in [-0.05, 0) is 90.2 Å². The van der Waals surface area contributed by atoms with Crippen LogP contribution in [0.25, 0.3) is 11.3 Å². The van der Waals surface area contributed by atoms with Crippen molar-refractivity contribution in [3.8, 4) is 17.0 Å². The number of hydrogen-bond acceptors (Lipinski definition) is 23. The zero-order valence-corrected chi connectivity index (χ0v) is 51.4. The molecule has 0 saturated carbocycles. The van der Waals surface area contributed by atoms with E-state index in [1.54, 1.807) is 0 Å². The lowest BCUT2D eigenvalue weighted by Crippen LogP contribution is -2.62. The van der Waals surface area contributed by atoms with Gasteiger partial charge in [0, 0.05) is 50.8 Å². The van der Waals surface area contributed by atoms with Crippen LogP contribution >= 0.6 is 0 Å². The third-order valence-electron chi connectivity index (χ3n) is 14.8.